The summed E-state index contributed by atoms with van der Waals surface area (Å²) < 4.78 is 23.6. The summed E-state index contributed by atoms with van der Waals surface area (Å²) in [5.41, 5.74) is 1.99. The van der Waals surface area contributed by atoms with Crippen LogP contribution in [0.4, 0.5) is 0 Å². The first-order valence-corrected chi connectivity index (χ1v) is 14.9. The summed E-state index contributed by atoms with van der Waals surface area (Å²) in [6.07, 6.45) is 5.45. The maximum atomic E-state index is 13.5. The molecule has 3 aliphatic rings. The fourth-order valence-corrected chi connectivity index (χ4v) is 6.19. The van der Waals surface area contributed by atoms with Gasteiger partial charge in [0.2, 0.25) is 11.8 Å². The summed E-state index contributed by atoms with van der Waals surface area (Å²) >= 11 is 0. The Balaban J connectivity index is 1.40. The Labute approximate surface area is 243 Å². The molecule has 1 saturated carbocycles. The fraction of sp³-hybridized carbons (Fsp3) is 0.562. The van der Waals surface area contributed by atoms with Crippen LogP contribution in [0.5, 0.6) is 17.2 Å². The molecular formula is C32H43N3O6. The van der Waals surface area contributed by atoms with Gasteiger partial charge in [-0.3, -0.25) is 14.5 Å². The largest absolute Gasteiger partial charge is 0.493 e. The lowest BCUT2D eigenvalue weighted by Crippen LogP contribution is -2.58. The van der Waals surface area contributed by atoms with Gasteiger partial charge < -0.3 is 29.2 Å². The first kappa shape index (κ1) is 29.4. The normalized spacial score (nSPS) is 22.5. The van der Waals surface area contributed by atoms with E-state index in [-0.39, 0.29) is 36.4 Å². The zero-order valence-corrected chi connectivity index (χ0v) is 24.3. The minimum Gasteiger partial charge on any atom is -0.493 e. The summed E-state index contributed by atoms with van der Waals surface area (Å²) in [4.78, 5) is 30.8. The van der Waals surface area contributed by atoms with Gasteiger partial charge in [-0.05, 0) is 61.1 Å². The fourth-order valence-electron chi connectivity index (χ4n) is 6.19. The minimum absolute atomic E-state index is 0.0738. The minimum atomic E-state index is -0.276. The number of fused-ring (bicyclic) bond motifs is 5. The van der Waals surface area contributed by atoms with Gasteiger partial charge in [0.1, 0.15) is 5.75 Å². The number of nitrogens with one attached hydrogen (secondary N) is 1. The molecule has 0 radical (unpaired) electrons. The van der Waals surface area contributed by atoms with E-state index in [1.165, 1.54) is 0 Å². The SMILES string of the molecule is COCCCN1CC(=O)N[C@H]2CN(C(=O)C3CCCC3)CC[C@H]2OCc2cccc(c2)Oc2cc(ccc2OC)C1. The van der Waals surface area contributed by atoms with Crippen LogP contribution in [0, 0.1) is 5.92 Å². The molecule has 1 N–H and O–H groups in total. The highest BCUT2D eigenvalue weighted by Gasteiger charge is 2.36. The molecule has 0 aromatic heterocycles. The van der Waals surface area contributed by atoms with Crippen molar-refractivity contribution in [1.29, 1.82) is 0 Å². The molecule has 5 rings (SSSR count). The lowest BCUT2D eigenvalue weighted by atomic mass is 9.98. The molecule has 2 heterocycles. The molecule has 0 spiro atoms. The second-order valence-electron chi connectivity index (χ2n) is 11.4. The number of rotatable bonds is 6. The molecule has 9 nitrogen and oxygen atoms in total. The molecule has 2 fully saturated rings. The lowest BCUT2D eigenvalue weighted by molar-refractivity contribution is -0.141. The Bertz CT molecular complexity index is 1180. The van der Waals surface area contributed by atoms with Crippen molar-refractivity contribution in [2.45, 2.75) is 63.8 Å². The number of carbonyl (C=O) groups excluding carboxylic acids is 2. The predicted molar refractivity (Wildman–Crippen MR) is 155 cm³/mol. The predicted octanol–water partition coefficient (Wildman–Crippen LogP) is 4.13. The first-order chi connectivity index (χ1) is 20.0. The van der Waals surface area contributed by atoms with Gasteiger partial charge in [-0.1, -0.05) is 31.0 Å². The number of amides is 2. The van der Waals surface area contributed by atoms with Gasteiger partial charge in [0.15, 0.2) is 11.5 Å². The van der Waals surface area contributed by atoms with Crippen LogP contribution >= 0.6 is 0 Å². The Morgan fingerprint density at radius 1 is 1.05 bits per heavy atom. The number of hydrogen-bond donors (Lipinski definition) is 1. The molecule has 9 heteroatoms. The van der Waals surface area contributed by atoms with E-state index in [2.05, 4.69) is 10.2 Å². The Morgan fingerprint density at radius 3 is 2.71 bits per heavy atom. The first-order valence-electron chi connectivity index (χ1n) is 14.9. The molecule has 41 heavy (non-hydrogen) atoms. The van der Waals surface area contributed by atoms with Gasteiger partial charge in [-0.25, -0.2) is 0 Å². The van der Waals surface area contributed by atoms with Crippen LogP contribution in [0.25, 0.3) is 0 Å². The van der Waals surface area contributed by atoms with Crippen LogP contribution < -0.4 is 14.8 Å². The second-order valence-corrected chi connectivity index (χ2v) is 11.4. The molecular weight excluding hydrogens is 522 g/mol. The van der Waals surface area contributed by atoms with Crippen LogP contribution in [0.3, 0.4) is 0 Å². The lowest BCUT2D eigenvalue weighted by Gasteiger charge is -2.40. The van der Waals surface area contributed by atoms with Crippen molar-refractivity contribution in [1.82, 2.24) is 15.1 Å². The quantitative estimate of drug-likeness (QED) is 0.527. The second kappa shape index (κ2) is 14.2. The monoisotopic (exact) mass is 565 g/mol. The zero-order chi connectivity index (χ0) is 28.6. The Kier molecular flexibility index (Phi) is 10.1. The van der Waals surface area contributed by atoms with Crippen molar-refractivity contribution in [2.75, 3.05) is 47.0 Å². The number of nitrogens with zero attached hydrogens (tertiary/aromatic N) is 2. The smallest absolute Gasteiger partial charge is 0.234 e. The van der Waals surface area contributed by atoms with Crippen molar-refractivity contribution < 1.29 is 28.5 Å². The van der Waals surface area contributed by atoms with E-state index in [1.807, 2.05) is 47.4 Å². The molecule has 0 unspecified atom stereocenters. The number of hydrogen-bond acceptors (Lipinski definition) is 7. The van der Waals surface area contributed by atoms with E-state index < -0.39 is 0 Å². The molecule has 4 bridgehead atoms. The van der Waals surface area contributed by atoms with Gasteiger partial charge in [0.25, 0.3) is 0 Å². The van der Waals surface area contributed by atoms with E-state index in [1.54, 1.807) is 14.2 Å². The topological polar surface area (TPSA) is 89.6 Å². The Hall–Kier alpha value is -3.14. The average molecular weight is 566 g/mol. The van der Waals surface area contributed by atoms with Crippen molar-refractivity contribution in [3.8, 4) is 17.2 Å². The van der Waals surface area contributed by atoms with Crippen LogP contribution in [-0.2, 0) is 32.2 Å². The third-order valence-electron chi connectivity index (χ3n) is 8.33. The van der Waals surface area contributed by atoms with E-state index in [4.69, 9.17) is 18.9 Å². The van der Waals surface area contributed by atoms with Gasteiger partial charge in [-0.2, -0.15) is 0 Å². The molecule has 2 amide bonds. The highest BCUT2D eigenvalue weighted by Crippen LogP contribution is 2.34. The average Bonchev–Trinajstić information content (AvgIpc) is 3.51. The number of carbonyl (C=O) groups is 2. The van der Waals surface area contributed by atoms with Crippen molar-refractivity contribution >= 4 is 11.8 Å². The van der Waals surface area contributed by atoms with Gasteiger partial charge in [-0.15, -0.1) is 0 Å². The van der Waals surface area contributed by atoms with E-state index in [0.717, 1.165) is 43.2 Å². The van der Waals surface area contributed by atoms with Crippen LogP contribution in [-0.4, -0.2) is 80.8 Å². The zero-order valence-electron chi connectivity index (χ0n) is 24.3. The van der Waals surface area contributed by atoms with Gasteiger partial charge >= 0.3 is 0 Å². The van der Waals surface area contributed by atoms with Crippen molar-refractivity contribution in [2.24, 2.45) is 5.92 Å². The number of piperidine rings is 1. The number of methoxy groups -OCH3 is 2. The maximum absolute atomic E-state index is 13.5. The maximum Gasteiger partial charge on any atom is 0.234 e. The molecule has 2 aromatic rings. The molecule has 2 aliphatic heterocycles. The number of ether oxygens (including phenoxy) is 4. The summed E-state index contributed by atoms with van der Waals surface area (Å²) in [7, 11) is 3.31. The van der Waals surface area contributed by atoms with E-state index in [9.17, 15) is 9.59 Å². The van der Waals surface area contributed by atoms with Gasteiger partial charge in [0.05, 0.1) is 32.4 Å². The molecule has 222 valence electrons. The molecule has 2 aromatic carbocycles. The van der Waals surface area contributed by atoms with Gasteiger partial charge in [0, 0.05) is 45.8 Å². The Morgan fingerprint density at radius 2 is 1.90 bits per heavy atom. The summed E-state index contributed by atoms with van der Waals surface area (Å²) in [6, 6.07) is 13.5. The number of likely N-dealkylation sites (tertiary alicyclic amines) is 1. The molecule has 1 aliphatic carbocycles. The highest BCUT2D eigenvalue weighted by molar-refractivity contribution is 5.80. The third kappa shape index (κ3) is 7.78. The van der Waals surface area contributed by atoms with E-state index in [0.29, 0.717) is 63.1 Å². The molecule has 1 saturated heterocycles. The van der Waals surface area contributed by atoms with E-state index >= 15 is 0 Å². The standard InChI is InChI=1S/C32H43N3O6/c1-38-16-6-14-34-19-23-11-12-29(39-2)30(18-23)41-26-10-5-7-24(17-26)22-40-28-13-15-35(20-27(28)33-31(36)21-34)32(37)25-8-3-4-9-25/h5,7,10-12,17-18,25,27-28H,3-4,6,8-9,13-16,19-22H2,1-2H3,(H,33,36)/t27-,28+/m0/s1. The van der Waals surface area contributed by atoms with Crippen LogP contribution in [0.2, 0.25) is 0 Å². The van der Waals surface area contributed by atoms with Crippen molar-refractivity contribution in [3.05, 3.63) is 53.6 Å². The number of benzene rings is 2. The van der Waals surface area contributed by atoms with Crippen molar-refractivity contribution in [3.63, 3.8) is 0 Å². The van der Waals surface area contributed by atoms with Crippen LogP contribution in [0.15, 0.2) is 42.5 Å². The summed E-state index contributed by atoms with van der Waals surface area (Å²) in [6.45, 7) is 3.60. The summed E-state index contributed by atoms with van der Waals surface area (Å²) in [5.74, 6) is 2.23. The third-order valence-corrected chi connectivity index (χ3v) is 8.33. The highest BCUT2D eigenvalue weighted by atomic mass is 16.5. The molecule has 2 atom stereocenters. The summed E-state index contributed by atoms with van der Waals surface area (Å²) in [5, 5.41) is 3.25. The van der Waals surface area contributed by atoms with Crippen LogP contribution in [0.1, 0.15) is 49.7 Å².